The molecule has 1 N–H and O–H groups in total. The van der Waals surface area contributed by atoms with Crippen molar-refractivity contribution in [3.8, 4) is 11.5 Å². The fraction of sp³-hybridized carbons (Fsp3) is 0.167. The number of carbonyl (C=O) groups excluding carboxylic acids is 1. The molecule has 0 aliphatic carbocycles. The van der Waals surface area contributed by atoms with E-state index >= 15 is 0 Å². The molecular formula is C24H20BrCl3N2O3S. The molecule has 178 valence electrons. The third kappa shape index (κ3) is 8.10. The van der Waals surface area contributed by atoms with Crippen molar-refractivity contribution in [1.82, 2.24) is 5.43 Å². The molecular weight excluding hydrogens is 583 g/mol. The van der Waals surface area contributed by atoms with Gasteiger partial charge in [0.05, 0.1) is 23.0 Å². The fourth-order valence-corrected chi connectivity index (χ4v) is 4.60. The summed E-state index contributed by atoms with van der Waals surface area (Å²) in [4.78, 5) is 13.0. The first-order chi connectivity index (χ1) is 16.4. The number of nitrogens with one attached hydrogen (secondary N) is 1. The maximum atomic E-state index is 12.1. The molecule has 0 radical (unpaired) electrons. The second kappa shape index (κ2) is 13.3. The highest BCUT2D eigenvalue weighted by atomic mass is 79.9. The maximum absolute atomic E-state index is 12.1. The van der Waals surface area contributed by atoms with E-state index < -0.39 is 0 Å². The first-order valence-corrected chi connectivity index (χ1v) is 13.0. The monoisotopic (exact) mass is 600 g/mol. The van der Waals surface area contributed by atoms with E-state index in [0.29, 0.717) is 37.6 Å². The first-order valence-electron chi connectivity index (χ1n) is 10.1. The van der Waals surface area contributed by atoms with Gasteiger partial charge in [0.25, 0.3) is 0 Å². The van der Waals surface area contributed by atoms with E-state index in [-0.39, 0.29) is 18.3 Å². The van der Waals surface area contributed by atoms with Gasteiger partial charge in [-0.05, 0) is 76.9 Å². The van der Waals surface area contributed by atoms with E-state index in [1.807, 2.05) is 31.2 Å². The minimum atomic E-state index is -0.222. The highest BCUT2D eigenvalue weighted by molar-refractivity contribution is 9.10. The van der Waals surface area contributed by atoms with Gasteiger partial charge in [-0.25, -0.2) is 5.43 Å². The molecule has 0 bridgehead atoms. The molecule has 34 heavy (non-hydrogen) atoms. The molecule has 0 saturated carbocycles. The molecule has 0 aliphatic rings. The molecule has 0 aromatic heterocycles. The number of thioether (sulfide) groups is 1. The Morgan fingerprint density at radius 3 is 2.50 bits per heavy atom. The third-order valence-electron chi connectivity index (χ3n) is 4.31. The van der Waals surface area contributed by atoms with Crippen molar-refractivity contribution in [2.75, 3.05) is 12.4 Å². The topological polar surface area (TPSA) is 59.9 Å². The van der Waals surface area contributed by atoms with Crippen LogP contribution in [0, 0.1) is 0 Å². The zero-order chi connectivity index (χ0) is 24.5. The van der Waals surface area contributed by atoms with Gasteiger partial charge in [0, 0.05) is 25.5 Å². The van der Waals surface area contributed by atoms with E-state index in [2.05, 4.69) is 26.5 Å². The SMILES string of the molecule is CCOc1cc(/C=N\NC(=O)CSc2ccc(Cl)cc2)cc(Br)c1OCc1ccc(Cl)cc1Cl. The second-order valence-electron chi connectivity index (χ2n) is 6.82. The molecule has 3 aromatic rings. The van der Waals surface area contributed by atoms with Crippen molar-refractivity contribution in [2.24, 2.45) is 5.10 Å². The molecule has 1 amide bonds. The van der Waals surface area contributed by atoms with Crippen molar-refractivity contribution in [3.05, 3.63) is 85.3 Å². The number of hydrogen-bond acceptors (Lipinski definition) is 5. The van der Waals surface area contributed by atoms with Crippen molar-refractivity contribution < 1.29 is 14.3 Å². The molecule has 0 heterocycles. The number of benzene rings is 3. The van der Waals surface area contributed by atoms with Crippen molar-refractivity contribution in [2.45, 2.75) is 18.4 Å². The van der Waals surface area contributed by atoms with Crippen LogP contribution in [-0.2, 0) is 11.4 Å². The Bertz CT molecular complexity index is 1180. The Morgan fingerprint density at radius 1 is 1.06 bits per heavy atom. The lowest BCUT2D eigenvalue weighted by Gasteiger charge is -2.15. The summed E-state index contributed by atoms with van der Waals surface area (Å²) in [6.45, 7) is 2.57. The number of nitrogens with zero attached hydrogens (tertiary/aromatic N) is 1. The minimum absolute atomic E-state index is 0.222. The number of hydrazone groups is 1. The van der Waals surface area contributed by atoms with Crippen molar-refractivity contribution >= 4 is 74.6 Å². The smallest absolute Gasteiger partial charge is 0.250 e. The Balaban J connectivity index is 1.62. The van der Waals surface area contributed by atoms with Gasteiger partial charge in [-0.3, -0.25) is 4.79 Å². The molecule has 3 aromatic carbocycles. The number of amides is 1. The van der Waals surface area contributed by atoms with Crippen LogP contribution in [0.25, 0.3) is 0 Å². The first kappa shape index (κ1) is 26.7. The van der Waals surface area contributed by atoms with E-state index in [9.17, 15) is 4.79 Å². The molecule has 5 nitrogen and oxygen atoms in total. The van der Waals surface area contributed by atoms with Crippen LogP contribution < -0.4 is 14.9 Å². The van der Waals surface area contributed by atoms with Crippen LogP contribution in [0.2, 0.25) is 15.1 Å². The highest BCUT2D eigenvalue weighted by Gasteiger charge is 2.13. The van der Waals surface area contributed by atoms with E-state index in [0.717, 1.165) is 16.0 Å². The Kier molecular flexibility index (Phi) is 10.4. The summed E-state index contributed by atoms with van der Waals surface area (Å²) >= 11 is 23.0. The van der Waals surface area contributed by atoms with E-state index in [1.165, 1.54) is 18.0 Å². The summed E-state index contributed by atoms with van der Waals surface area (Å²) in [6.07, 6.45) is 1.54. The lowest BCUT2D eigenvalue weighted by Crippen LogP contribution is -2.19. The largest absolute Gasteiger partial charge is 0.490 e. The van der Waals surface area contributed by atoms with Crippen LogP contribution in [0.4, 0.5) is 0 Å². The van der Waals surface area contributed by atoms with Gasteiger partial charge in [0.1, 0.15) is 6.61 Å². The lowest BCUT2D eigenvalue weighted by atomic mass is 10.2. The standard InChI is InChI=1S/C24H20BrCl3N2O3S/c1-2-32-22-10-15(12-29-30-23(31)14-34-19-7-5-17(26)6-8-19)9-20(25)24(22)33-13-16-3-4-18(27)11-21(16)28/h3-12H,2,13-14H2,1H3,(H,30,31)/b29-12-. The van der Waals surface area contributed by atoms with Gasteiger partial charge in [0.15, 0.2) is 11.5 Å². The Hall–Kier alpha value is -1.90. The second-order valence-corrected chi connectivity index (χ2v) is 10.0. The molecule has 0 aliphatic heterocycles. The quantitative estimate of drug-likeness (QED) is 0.147. The van der Waals surface area contributed by atoms with Gasteiger partial charge < -0.3 is 9.47 Å². The average molecular weight is 603 g/mol. The van der Waals surface area contributed by atoms with Crippen LogP contribution in [0.15, 0.2) is 69.1 Å². The van der Waals surface area contributed by atoms with Gasteiger partial charge in [0.2, 0.25) is 5.91 Å². The lowest BCUT2D eigenvalue weighted by molar-refractivity contribution is -0.118. The molecule has 0 fully saturated rings. The number of hydrogen-bond donors (Lipinski definition) is 1. The van der Waals surface area contributed by atoms with Crippen molar-refractivity contribution in [1.29, 1.82) is 0 Å². The summed E-state index contributed by atoms with van der Waals surface area (Å²) in [5.74, 6) is 1.08. The number of ether oxygens (including phenoxy) is 2. The normalized spacial score (nSPS) is 11.0. The summed E-state index contributed by atoms with van der Waals surface area (Å²) in [6, 6.07) is 16.1. The zero-order valence-corrected chi connectivity index (χ0v) is 22.7. The van der Waals surface area contributed by atoms with Crippen LogP contribution in [0.3, 0.4) is 0 Å². The maximum Gasteiger partial charge on any atom is 0.250 e. The molecule has 0 saturated heterocycles. The summed E-state index contributed by atoms with van der Waals surface area (Å²) < 4.78 is 12.4. The number of rotatable bonds is 10. The summed E-state index contributed by atoms with van der Waals surface area (Å²) in [5, 5.41) is 5.78. The molecule has 0 unspecified atom stereocenters. The van der Waals surface area contributed by atoms with E-state index in [1.54, 1.807) is 30.3 Å². The van der Waals surface area contributed by atoms with Crippen LogP contribution in [0.5, 0.6) is 11.5 Å². The Labute approximate surface area is 225 Å². The van der Waals surface area contributed by atoms with Crippen LogP contribution in [0.1, 0.15) is 18.1 Å². The van der Waals surface area contributed by atoms with Gasteiger partial charge >= 0.3 is 0 Å². The van der Waals surface area contributed by atoms with Crippen LogP contribution >= 0.6 is 62.5 Å². The molecule has 10 heteroatoms. The number of carbonyl (C=O) groups is 1. The van der Waals surface area contributed by atoms with Gasteiger partial charge in [-0.1, -0.05) is 40.9 Å². The predicted octanol–water partition coefficient (Wildman–Crippen LogP) is 7.63. The predicted molar refractivity (Wildman–Crippen MR) is 144 cm³/mol. The third-order valence-corrected chi connectivity index (χ3v) is 6.75. The van der Waals surface area contributed by atoms with Gasteiger partial charge in [-0.2, -0.15) is 5.10 Å². The van der Waals surface area contributed by atoms with E-state index in [4.69, 9.17) is 44.3 Å². The number of halogens is 4. The minimum Gasteiger partial charge on any atom is -0.490 e. The van der Waals surface area contributed by atoms with Gasteiger partial charge in [-0.15, -0.1) is 11.8 Å². The average Bonchev–Trinajstić information content (AvgIpc) is 2.79. The summed E-state index contributed by atoms with van der Waals surface area (Å²) in [5.41, 5.74) is 4.04. The zero-order valence-electron chi connectivity index (χ0n) is 18.0. The molecule has 0 spiro atoms. The van der Waals surface area contributed by atoms with Crippen LogP contribution in [-0.4, -0.2) is 24.5 Å². The molecule has 3 rings (SSSR count). The Morgan fingerprint density at radius 2 is 1.79 bits per heavy atom. The summed E-state index contributed by atoms with van der Waals surface area (Å²) in [7, 11) is 0. The molecule has 0 atom stereocenters. The van der Waals surface area contributed by atoms with Crippen molar-refractivity contribution in [3.63, 3.8) is 0 Å². The highest BCUT2D eigenvalue weighted by Crippen LogP contribution is 2.37. The fourth-order valence-electron chi connectivity index (χ4n) is 2.74.